The van der Waals surface area contributed by atoms with Crippen molar-refractivity contribution in [2.24, 2.45) is 0 Å². The summed E-state index contributed by atoms with van der Waals surface area (Å²) in [5.41, 5.74) is 1.04. The SMILES string of the molecule is COCCOc1ccc(C(=O)NC(=S)Nc2ccc(Cl)c(Cl)c2)cc1Br. The highest BCUT2D eigenvalue weighted by Crippen LogP contribution is 2.26. The molecule has 2 N–H and O–H groups in total. The Bertz CT molecular complexity index is 821. The number of rotatable bonds is 6. The molecule has 138 valence electrons. The zero-order valence-electron chi connectivity index (χ0n) is 13.6. The van der Waals surface area contributed by atoms with Gasteiger partial charge in [0, 0.05) is 18.4 Å². The van der Waals surface area contributed by atoms with Crippen LogP contribution in [-0.4, -0.2) is 31.3 Å². The molecular formula is C17H15BrCl2N2O3S. The van der Waals surface area contributed by atoms with E-state index in [1.165, 1.54) is 0 Å². The Hall–Kier alpha value is -1.38. The first-order chi connectivity index (χ1) is 12.4. The predicted octanol–water partition coefficient (Wildman–Crippen LogP) is 4.91. The van der Waals surface area contributed by atoms with Gasteiger partial charge in [0.2, 0.25) is 0 Å². The summed E-state index contributed by atoms with van der Waals surface area (Å²) in [6.45, 7) is 0.891. The number of methoxy groups -OCH3 is 1. The van der Waals surface area contributed by atoms with Crippen LogP contribution in [0, 0.1) is 0 Å². The molecular weight excluding hydrogens is 463 g/mol. The second-order valence-corrected chi connectivity index (χ2v) is 7.10. The van der Waals surface area contributed by atoms with Crippen LogP contribution < -0.4 is 15.4 Å². The molecule has 0 aliphatic carbocycles. The van der Waals surface area contributed by atoms with Crippen LogP contribution in [0.1, 0.15) is 10.4 Å². The summed E-state index contributed by atoms with van der Waals surface area (Å²) in [5.74, 6) is 0.266. The molecule has 0 saturated carbocycles. The second-order valence-electron chi connectivity index (χ2n) is 5.02. The van der Waals surface area contributed by atoms with E-state index in [1.54, 1.807) is 43.5 Å². The molecule has 0 unspecified atom stereocenters. The highest BCUT2D eigenvalue weighted by molar-refractivity contribution is 9.10. The Morgan fingerprint density at radius 3 is 2.58 bits per heavy atom. The third-order valence-corrected chi connectivity index (χ3v) is 4.71. The van der Waals surface area contributed by atoms with Crippen molar-refractivity contribution in [3.05, 3.63) is 56.5 Å². The van der Waals surface area contributed by atoms with E-state index in [1.807, 2.05) is 0 Å². The molecule has 0 spiro atoms. The lowest BCUT2D eigenvalue weighted by Gasteiger charge is -2.12. The molecule has 0 atom stereocenters. The van der Waals surface area contributed by atoms with Crippen LogP contribution >= 0.6 is 51.3 Å². The van der Waals surface area contributed by atoms with Gasteiger partial charge in [-0.1, -0.05) is 23.2 Å². The summed E-state index contributed by atoms with van der Waals surface area (Å²) in [6.07, 6.45) is 0. The lowest BCUT2D eigenvalue weighted by molar-refractivity contribution is 0.0977. The highest BCUT2D eigenvalue weighted by Gasteiger charge is 2.11. The molecule has 0 saturated heterocycles. The molecule has 0 aliphatic heterocycles. The Labute approximate surface area is 175 Å². The number of hydrogen-bond acceptors (Lipinski definition) is 4. The van der Waals surface area contributed by atoms with Crippen molar-refractivity contribution < 1.29 is 14.3 Å². The Balaban J connectivity index is 1.96. The van der Waals surface area contributed by atoms with Gasteiger partial charge in [0.25, 0.3) is 5.91 Å². The van der Waals surface area contributed by atoms with Gasteiger partial charge in [-0.15, -0.1) is 0 Å². The Morgan fingerprint density at radius 1 is 1.15 bits per heavy atom. The van der Waals surface area contributed by atoms with Gasteiger partial charge in [0.1, 0.15) is 12.4 Å². The number of anilines is 1. The average Bonchev–Trinajstić information content (AvgIpc) is 2.59. The normalized spacial score (nSPS) is 10.3. The fourth-order valence-corrected chi connectivity index (χ4v) is 2.91. The molecule has 9 heteroatoms. The fourth-order valence-electron chi connectivity index (χ4n) is 1.91. The number of benzene rings is 2. The molecule has 0 bridgehead atoms. The van der Waals surface area contributed by atoms with Gasteiger partial charge in [-0.2, -0.15) is 0 Å². The number of hydrogen-bond donors (Lipinski definition) is 2. The zero-order chi connectivity index (χ0) is 19.1. The molecule has 0 aromatic heterocycles. The minimum atomic E-state index is -0.355. The van der Waals surface area contributed by atoms with Crippen molar-refractivity contribution in [3.8, 4) is 5.75 Å². The third kappa shape index (κ3) is 6.10. The van der Waals surface area contributed by atoms with Gasteiger partial charge in [0.05, 0.1) is 21.1 Å². The predicted molar refractivity (Wildman–Crippen MR) is 112 cm³/mol. The average molecular weight is 478 g/mol. The number of carbonyl (C=O) groups is 1. The van der Waals surface area contributed by atoms with Crippen LogP contribution in [0.3, 0.4) is 0 Å². The molecule has 2 rings (SSSR count). The van der Waals surface area contributed by atoms with Crippen LogP contribution in [0.5, 0.6) is 5.75 Å². The van der Waals surface area contributed by atoms with Crippen molar-refractivity contribution in [1.29, 1.82) is 0 Å². The monoisotopic (exact) mass is 476 g/mol. The number of thiocarbonyl (C=S) groups is 1. The maximum Gasteiger partial charge on any atom is 0.257 e. The van der Waals surface area contributed by atoms with E-state index in [9.17, 15) is 4.79 Å². The van der Waals surface area contributed by atoms with Crippen LogP contribution in [0.4, 0.5) is 5.69 Å². The van der Waals surface area contributed by atoms with Crippen LogP contribution in [0.25, 0.3) is 0 Å². The number of nitrogens with one attached hydrogen (secondary N) is 2. The van der Waals surface area contributed by atoms with Gasteiger partial charge in [-0.25, -0.2) is 0 Å². The van der Waals surface area contributed by atoms with Gasteiger partial charge in [0.15, 0.2) is 5.11 Å². The fraction of sp³-hybridized carbons (Fsp3) is 0.176. The van der Waals surface area contributed by atoms with Crippen molar-refractivity contribution in [2.45, 2.75) is 0 Å². The third-order valence-electron chi connectivity index (χ3n) is 3.14. The molecule has 0 radical (unpaired) electrons. The molecule has 5 nitrogen and oxygen atoms in total. The number of ether oxygens (including phenoxy) is 2. The molecule has 1 amide bonds. The first-order valence-corrected chi connectivity index (χ1v) is 9.35. The van der Waals surface area contributed by atoms with Crippen molar-refractivity contribution in [3.63, 3.8) is 0 Å². The summed E-state index contributed by atoms with van der Waals surface area (Å²) < 4.78 is 11.1. The van der Waals surface area contributed by atoms with Crippen LogP contribution in [0.15, 0.2) is 40.9 Å². The largest absolute Gasteiger partial charge is 0.490 e. The molecule has 0 heterocycles. The van der Waals surface area contributed by atoms with Crippen molar-refractivity contribution in [1.82, 2.24) is 5.32 Å². The molecule has 2 aromatic rings. The first-order valence-electron chi connectivity index (χ1n) is 7.39. The summed E-state index contributed by atoms with van der Waals surface area (Å²) in [7, 11) is 1.60. The minimum absolute atomic E-state index is 0.143. The van der Waals surface area contributed by atoms with E-state index in [0.29, 0.717) is 44.7 Å². The Kier molecular flexibility index (Phi) is 8.12. The van der Waals surface area contributed by atoms with E-state index < -0.39 is 0 Å². The highest BCUT2D eigenvalue weighted by atomic mass is 79.9. The molecule has 0 aliphatic rings. The van der Waals surface area contributed by atoms with Gasteiger partial charge in [-0.3, -0.25) is 10.1 Å². The summed E-state index contributed by atoms with van der Waals surface area (Å²) in [4.78, 5) is 12.3. The first kappa shape index (κ1) is 20.9. The van der Waals surface area contributed by atoms with E-state index in [0.717, 1.165) is 0 Å². The minimum Gasteiger partial charge on any atom is -0.490 e. The zero-order valence-corrected chi connectivity index (χ0v) is 17.6. The lowest BCUT2D eigenvalue weighted by Crippen LogP contribution is -2.34. The molecule has 0 fully saturated rings. The van der Waals surface area contributed by atoms with Gasteiger partial charge >= 0.3 is 0 Å². The van der Waals surface area contributed by atoms with Crippen molar-refractivity contribution >= 4 is 68.1 Å². The standard InChI is InChI=1S/C17H15BrCl2N2O3S/c1-24-6-7-25-15-5-2-10(8-12(15)18)16(23)22-17(26)21-11-3-4-13(19)14(20)9-11/h2-5,8-9H,6-7H2,1H3,(H2,21,22,23,26). The smallest absolute Gasteiger partial charge is 0.257 e. The topological polar surface area (TPSA) is 59.6 Å². The summed E-state index contributed by atoms with van der Waals surface area (Å²) in [5, 5.41) is 6.44. The van der Waals surface area contributed by atoms with E-state index in [4.69, 9.17) is 44.9 Å². The molecule has 2 aromatic carbocycles. The van der Waals surface area contributed by atoms with Crippen LogP contribution in [0.2, 0.25) is 10.0 Å². The maximum absolute atomic E-state index is 12.3. The van der Waals surface area contributed by atoms with E-state index >= 15 is 0 Å². The molecule has 26 heavy (non-hydrogen) atoms. The number of amides is 1. The van der Waals surface area contributed by atoms with E-state index in [-0.39, 0.29) is 11.0 Å². The van der Waals surface area contributed by atoms with Gasteiger partial charge < -0.3 is 14.8 Å². The maximum atomic E-state index is 12.3. The lowest BCUT2D eigenvalue weighted by atomic mass is 10.2. The summed E-state index contributed by atoms with van der Waals surface area (Å²) >= 11 is 20.3. The second kappa shape index (κ2) is 10.1. The number of halogens is 3. The Morgan fingerprint density at radius 2 is 1.92 bits per heavy atom. The van der Waals surface area contributed by atoms with Crippen molar-refractivity contribution in [2.75, 3.05) is 25.6 Å². The summed E-state index contributed by atoms with van der Waals surface area (Å²) in [6, 6.07) is 9.95. The van der Waals surface area contributed by atoms with Gasteiger partial charge in [-0.05, 0) is 64.5 Å². The number of carbonyl (C=O) groups excluding carboxylic acids is 1. The quantitative estimate of drug-likeness (QED) is 0.457. The van der Waals surface area contributed by atoms with Crippen LogP contribution in [-0.2, 0) is 4.74 Å². The van der Waals surface area contributed by atoms with E-state index in [2.05, 4.69) is 26.6 Å².